The Kier molecular flexibility index (Phi) is 4.58. The molecule has 70 valence electrons. The lowest BCUT2D eigenvalue weighted by molar-refractivity contribution is -0.137. The van der Waals surface area contributed by atoms with Crippen molar-refractivity contribution < 1.29 is 19.1 Å². The summed E-state index contributed by atoms with van der Waals surface area (Å²) in [6, 6.07) is 0. The second kappa shape index (κ2) is 4.92. The highest BCUT2D eigenvalue weighted by atomic mass is 32.2. The summed E-state index contributed by atoms with van der Waals surface area (Å²) in [7, 11) is 2.02. The molecule has 0 aromatic carbocycles. The Morgan fingerprint density at radius 2 is 1.33 bits per heavy atom. The van der Waals surface area contributed by atoms with Crippen LogP contribution in [0.4, 0.5) is 0 Å². The molecule has 0 heterocycles. The molecule has 0 rings (SSSR count). The molecule has 0 spiro atoms. The lowest BCUT2D eigenvalue weighted by Crippen LogP contribution is -2.26. The molecule has 0 aromatic heterocycles. The second-order valence-corrected chi connectivity index (χ2v) is 4.17. The molecule has 0 amide bonds. The number of carbonyl (C=O) groups excluding carboxylic acids is 2. The van der Waals surface area contributed by atoms with Crippen molar-refractivity contribution in [1.82, 2.24) is 0 Å². The zero-order valence-corrected chi connectivity index (χ0v) is 8.36. The van der Waals surface area contributed by atoms with Crippen LogP contribution in [0.5, 0.6) is 0 Å². The quantitative estimate of drug-likeness (QED) is 0.352. The van der Waals surface area contributed by atoms with Gasteiger partial charge in [0.1, 0.15) is 0 Å². The van der Waals surface area contributed by atoms with Gasteiger partial charge in [-0.2, -0.15) is 10.5 Å². The number of carbonyl (C=O) groups is 2. The Balaban J connectivity index is 4.83. The molecule has 0 unspecified atom stereocenters. The van der Waals surface area contributed by atoms with Crippen molar-refractivity contribution in [2.24, 2.45) is 0 Å². The van der Waals surface area contributed by atoms with Crippen LogP contribution in [0.15, 0.2) is 0 Å². The number of hydrogen-bond acceptors (Lipinski definition) is 4. The summed E-state index contributed by atoms with van der Waals surface area (Å²) in [6.45, 7) is 0. The van der Waals surface area contributed by atoms with E-state index in [0.29, 0.717) is 0 Å². The van der Waals surface area contributed by atoms with Crippen LogP contribution in [0.3, 0.4) is 0 Å². The average molecular weight is 192 g/mol. The third-order valence-corrected chi connectivity index (χ3v) is 2.30. The predicted octanol–water partition coefficient (Wildman–Crippen LogP) is 0.0333. The molecule has 0 aliphatic carbocycles. The van der Waals surface area contributed by atoms with Crippen LogP contribution < -0.4 is 0 Å². The maximum absolute atomic E-state index is 11.0. The van der Waals surface area contributed by atoms with Gasteiger partial charge in [-0.1, -0.05) is 0 Å². The van der Waals surface area contributed by atoms with E-state index in [1.54, 1.807) is 12.5 Å². The molecular formula is C7H12O4S. The van der Waals surface area contributed by atoms with Gasteiger partial charge >= 0.3 is 11.9 Å². The highest BCUT2D eigenvalue weighted by molar-refractivity contribution is 8.16. The van der Waals surface area contributed by atoms with E-state index < -0.39 is 22.4 Å². The van der Waals surface area contributed by atoms with Gasteiger partial charge in [-0.15, -0.1) is 0 Å². The van der Waals surface area contributed by atoms with Gasteiger partial charge in [0.15, 0.2) is 4.86 Å². The fourth-order valence-electron chi connectivity index (χ4n) is 0.602. The molecular weight excluding hydrogens is 180 g/mol. The van der Waals surface area contributed by atoms with E-state index in [0.717, 1.165) is 0 Å². The van der Waals surface area contributed by atoms with Gasteiger partial charge in [-0.25, -0.2) is 9.59 Å². The number of methoxy groups -OCH3 is 2. The van der Waals surface area contributed by atoms with E-state index in [1.807, 2.05) is 0 Å². The van der Waals surface area contributed by atoms with Crippen LogP contribution in [0.1, 0.15) is 0 Å². The topological polar surface area (TPSA) is 52.6 Å². The summed E-state index contributed by atoms with van der Waals surface area (Å²) in [6.07, 6.45) is 3.51. The summed E-state index contributed by atoms with van der Waals surface area (Å²) in [5.41, 5.74) is 0. The van der Waals surface area contributed by atoms with Crippen molar-refractivity contribution in [2.45, 2.75) is 0 Å². The first-order valence-corrected chi connectivity index (χ1v) is 5.19. The highest BCUT2D eigenvalue weighted by Gasteiger charge is 2.20. The number of ether oxygens (including phenoxy) is 2. The van der Waals surface area contributed by atoms with E-state index in [1.165, 1.54) is 14.2 Å². The lowest BCUT2D eigenvalue weighted by Gasteiger charge is -2.04. The van der Waals surface area contributed by atoms with Crippen molar-refractivity contribution >= 4 is 27.3 Å². The smallest absolute Gasteiger partial charge is 0.351 e. The van der Waals surface area contributed by atoms with Crippen molar-refractivity contribution in [1.29, 1.82) is 0 Å². The minimum Gasteiger partial charge on any atom is -0.465 e. The molecule has 4 nitrogen and oxygen atoms in total. The summed E-state index contributed by atoms with van der Waals surface area (Å²) >= 11 is 0. The second-order valence-electron chi connectivity index (χ2n) is 2.13. The van der Waals surface area contributed by atoms with Crippen LogP contribution in [-0.4, -0.2) is 43.5 Å². The van der Waals surface area contributed by atoms with Gasteiger partial charge in [0.25, 0.3) is 0 Å². The molecule has 0 aliphatic heterocycles. The Labute approximate surface area is 73.8 Å². The molecule has 0 aliphatic rings. The maximum Gasteiger partial charge on any atom is 0.351 e. The fraction of sp³-hybridized carbons (Fsp3) is 0.571. The molecule has 0 atom stereocenters. The van der Waals surface area contributed by atoms with Crippen LogP contribution in [0, 0.1) is 0 Å². The number of hydrogen-bond donors (Lipinski definition) is 0. The standard InChI is InChI=1S/C7H12O4S/c1-10-6(8)5(12(3)4)7(9)11-2/h1-4H3. The first-order chi connectivity index (χ1) is 5.54. The summed E-state index contributed by atoms with van der Waals surface area (Å²) < 4.78 is 8.85. The molecule has 0 radical (unpaired) electrons. The minimum atomic E-state index is -0.616. The fourth-order valence-corrected chi connectivity index (χ4v) is 1.44. The van der Waals surface area contributed by atoms with Gasteiger partial charge in [-0.3, -0.25) is 0 Å². The normalized spacial score (nSPS) is 9.42. The summed E-state index contributed by atoms with van der Waals surface area (Å²) in [5, 5.41) is 0. The van der Waals surface area contributed by atoms with Crippen molar-refractivity contribution in [2.75, 3.05) is 26.7 Å². The van der Waals surface area contributed by atoms with Crippen molar-refractivity contribution in [3.8, 4) is 0 Å². The molecule has 5 heteroatoms. The van der Waals surface area contributed by atoms with Gasteiger partial charge in [0.2, 0.25) is 0 Å². The third kappa shape index (κ3) is 2.65. The zero-order valence-electron chi connectivity index (χ0n) is 7.54. The first-order valence-electron chi connectivity index (χ1n) is 3.15. The highest BCUT2D eigenvalue weighted by Crippen LogP contribution is 2.05. The molecule has 0 N–H and O–H groups in total. The SMILES string of the molecule is COC(=O)C(C(=O)OC)=S(C)C. The Hall–Kier alpha value is -0.840. The molecule has 0 saturated carbocycles. The average Bonchev–Trinajstić information content (AvgIpc) is 2.03. The molecule has 12 heavy (non-hydrogen) atoms. The molecule has 0 fully saturated rings. The number of esters is 2. The molecule has 0 saturated heterocycles. The van der Waals surface area contributed by atoms with Crippen LogP contribution in [0.2, 0.25) is 0 Å². The van der Waals surface area contributed by atoms with Gasteiger partial charge in [0, 0.05) is 0 Å². The van der Waals surface area contributed by atoms with Crippen molar-refractivity contribution in [3.05, 3.63) is 0 Å². The Bertz CT molecular complexity index is 210. The maximum atomic E-state index is 11.0. The minimum absolute atomic E-state index is 0.0694. The van der Waals surface area contributed by atoms with E-state index in [9.17, 15) is 9.59 Å². The number of rotatable bonds is 2. The first kappa shape index (κ1) is 11.2. The lowest BCUT2D eigenvalue weighted by atomic mass is 10.4. The zero-order chi connectivity index (χ0) is 9.72. The van der Waals surface area contributed by atoms with E-state index in [4.69, 9.17) is 0 Å². The third-order valence-electron chi connectivity index (χ3n) is 1.15. The monoisotopic (exact) mass is 192 g/mol. The van der Waals surface area contributed by atoms with Gasteiger partial charge < -0.3 is 9.47 Å². The van der Waals surface area contributed by atoms with Crippen molar-refractivity contribution in [3.63, 3.8) is 0 Å². The predicted molar refractivity (Wildman–Crippen MR) is 48.5 cm³/mol. The van der Waals surface area contributed by atoms with E-state index in [2.05, 4.69) is 9.47 Å². The Morgan fingerprint density at radius 1 is 1.00 bits per heavy atom. The largest absolute Gasteiger partial charge is 0.465 e. The summed E-state index contributed by atoms with van der Waals surface area (Å²) in [5.74, 6) is -1.23. The van der Waals surface area contributed by atoms with Crippen LogP contribution in [0.25, 0.3) is 0 Å². The van der Waals surface area contributed by atoms with Gasteiger partial charge in [-0.05, 0) is 12.5 Å². The Morgan fingerprint density at radius 3 is 1.50 bits per heavy atom. The van der Waals surface area contributed by atoms with Crippen LogP contribution >= 0.6 is 10.5 Å². The van der Waals surface area contributed by atoms with Gasteiger partial charge in [0.05, 0.1) is 14.2 Å². The molecule has 0 bridgehead atoms. The molecule has 0 aromatic rings. The van der Waals surface area contributed by atoms with E-state index >= 15 is 0 Å². The van der Waals surface area contributed by atoms with Crippen LogP contribution in [-0.2, 0) is 19.1 Å². The van der Waals surface area contributed by atoms with E-state index in [-0.39, 0.29) is 4.86 Å². The summed E-state index contributed by atoms with van der Waals surface area (Å²) in [4.78, 5) is 22.1.